The van der Waals surface area contributed by atoms with Gasteiger partial charge >= 0.3 is 12.1 Å². The average Bonchev–Trinajstić information content (AvgIpc) is 2.86. The molecule has 1 aromatic heterocycles. The molecule has 7 nitrogen and oxygen atoms in total. The molecule has 0 fully saturated rings. The van der Waals surface area contributed by atoms with E-state index < -0.39 is 17.7 Å². The zero-order valence-electron chi connectivity index (χ0n) is 16.7. The second-order valence-electron chi connectivity index (χ2n) is 7.24. The number of aryl methyl sites for hydroxylation is 1. The van der Waals surface area contributed by atoms with Crippen molar-refractivity contribution in [3.05, 3.63) is 33.4 Å². The SMILES string of the molecule is CCOC(=O)c1c(C)c2cc(C#N)cc(Br)c2n1CCNC(=O)OC(C)(C)C. The molecular formula is C20H24BrN3O4. The molecule has 2 rings (SSSR count). The third kappa shape index (κ3) is 4.84. The first kappa shape index (κ1) is 21.8. The van der Waals surface area contributed by atoms with Gasteiger partial charge in [-0.05, 0) is 68.2 Å². The van der Waals surface area contributed by atoms with Crippen molar-refractivity contribution in [2.45, 2.75) is 46.8 Å². The molecule has 0 unspecified atom stereocenters. The molecule has 0 radical (unpaired) electrons. The van der Waals surface area contributed by atoms with Gasteiger partial charge in [0.05, 0.1) is 23.8 Å². The molecule has 0 aliphatic heterocycles. The second-order valence-corrected chi connectivity index (χ2v) is 8.09. The summed E-state index contributed by atoms with van der Waals surface area (Å²) in [5.41, 5.74) is 1.79. The Morgan fingerprint density at radius 3 is 2.57 bits per heavy atom. The number of fused-ring (bicyclic) bond motifs is 1. The maximum absolute atomic E-state index is 12.6. The number of halogens is 1. The van der Waals surface area contributed by atoms with Gasteiger partial charge < -0.3 is 19.4 Å². The Kier molecular flexibility index (Phi) is 6.73. The highest BCUT2D eigenvalue weighted by Crippen LogP contribution is 2.33. The maximum Gasteiger partial charge on any atom is 0.407 e. The molecule has 0 saturated heterocycles. The summed E-state index contributed by atoms with van der Waals surface area (Å²) in [5, 5.41) is 12.7. The smallest absolute Gasteiger partial charge is 0.407 e. The van der Waals surface area contributed by atoms with Gasteiger partial charge in [-0.2, -0.15) is 5.26 Å². The van der Waals surface area contributed by atoms with Crippen LogP contribution in [0.1, 0.15) is 49.3 Å². The van der Waals surface area contributed by atoms with Crippen molar-refractivity contribution < 1.29 is 19.1 Å². The van der Waals surface area contributed by atoms with Crippen molar-refractivity contribution in [2.24, 2.45) is 0 Å². The summed E-state index contributed by atoms with van der Waals surface area (Å²) < 4.78 is 12.9. The number of hydrogen-bond donors (Lipinski definition) is 1. The lowest BCUT2D eigenvalue weighted by molar-refractivity contribution is 0.0513. The molecule has 28 heavy (non-hydrogen) atoms. The number of amides is 1. The number of alkyl carbamates (subject to hydrolysis) is 1. The molecule has 0 saturated carbocycles. The number of nitriles is 1. The fraction of sp³-hybridized carbons (Fsp3) is 0.450. The fourth-order valence-electron chi connectivity index (χ4n) is 2.94. The quantitative estimate of drug-likeness (QED) is 0.687. The Labute approximate surface area is 172 Å². The van der Waals surface area contributed by atoms with Crippen LogP contribution in [-0.2, 0) is 16.0 Å². The molecule has 150 valence electrons. The summed E-state index contributed by atoms with van der Waals surface area (Å²) in [6, 6.07) is 5.57. The van der Waals surface area contributed by atoms with Gasteiger partial charge in [-0.3, -0.25) is 0 Å². The van der Waals surface area contributed by atoms with Crippen LogP contribution in [0.15, 0.2) is 16.6 Å². The largest absolute Gasteiger partial charge is 0.461 e. The Morgan fingerprint density at radius 1 is 1.32 bits per heavy atom. The fourth-order valence-corrected chi connectivity index (χ4v) is 3.61. The first-order valence-electron chi connectivity index (χ1n) is 8.95. The summed E-state index contributed by atoms with van der Waals surface area (Å²) in [7, 11) is 0. The lowest BCUT2D eigenvalue weighted by Gasteiger charge is -2.20. The van der Waals surface area contributed by atoms with E-state index in [4.69, 9.17) is 9.47 Å². The summed E-state index contributed by atoms with van der Waals surface area (Å²) in [6.07, 6.45) is -0.524. The summed E-state index contributed by atoms with van der Waals surface area (Å²) in [6.45, 7) is 9.78. The van der Waals surface area contributed by atoms with E-state index in [0.29, 0.717) is 22.3 Å². The van der Waals surface area contributed by atoms with Crippen LogP contribution < -0.4 is 5.32 Å². The minimum atomic E-state index is -0.590. The van der Waals surface area contributed by atoms with Crippen LogP contribution in [0, 0.1) is 18.3 Å². The summed E-state index contributed by atoms with van der Waals surface area (Å²) in [5.74, 6) is -0.445. The minimum Gasteiger partial charge on any atom is -0.461 e. The molecular weight excluding hydrogens is 426 g/mol. The van der Waals surface area contributed by atoms with Crippen LogP contribution >= 0.6 is 15.9 Å². The Balaban J connectivity index is 2.42. The number of nitrogens with zero attached hydrogens (tertiary/aromatic N) is 2. The first-order chi connectivity index (χ1) is 13.1. The number of carbonyl (C=O) groups is 2. The van der Waals surface area contributed by atoms with E-state index >= 15 is 0 Å². The molecule has 0 aliphatic rings. The number of benzene rings is 1. The molecule has 0 bridgehead atoms. The van der Waals surface area contributed by atoms with E-state index in [1.165, 1.54) is 0 Å². The molecule has 8 heteroatoms. The molecule has 1 N–H and O–H groups in total. The van der Waals surface area contributed by atoms with Crippen molar-refractivity contribution in [1.82, 2.24) is 9.88 Å². The van der Waals surface area contributed by atoms with Crippen LogP contribution in [0.5, 0.6) is 0 Å². The third-order valence-electron chi connectivity index (χ3n) is 3.96. The predicted molar refractivity (Wildman–Crippen MR) is 109 cm³/mol. The van der Waals surface area contributed by atoms with Crippen molar-refractivity contribution in [3.63, 3.8) is 0 Å². The molecule has 0 atom stereocenters. The lowest BCUT2D eigenvalue weighted by Crippen LogP contribution is -2.34. The molecule has 2 aromatic rings. The van der Waals surface area contributed by atoms with E-state index in [1.54, 1.807) is 44.4 Å². The van der Waals surface area contributed by atoms with Crippen LogP contribution in [-0.4, -0.2) is 35.4 Å². The monoisotopic (exact) mass is 449 g/mol. The number of aromatic nitrogens is 1. The van der Waals surface area contributed by atoms with Crippen molar-refractivity contribution in [1.29, 1.82) is 5.26 Å². The molecule has 1 heterocycles. The maximum atomic E-state index is 12.6. The van der Waals surface area contributed by atoms with Crippen molar-refractivity contribution >= 4 is 38.9 Å². The zero-order valence-corrected chi connectivity index (χ0v) is 18.3. The van der Waals surface area contributed by atoms with Crippen molar-refractivity contribution in [2.75, 3.05) is 13.2 Å². The van der Waals surface area contributed by atoms with E-state index in [0.717, 1.165) is 16.5 Å². The number of nitrogens with one attached hydrogen (secondary N) is 1. The normalized spacial score (nSPS) is 11.2. The minimum absolute atomic E-state index is 0.251. The van der Waals surface area contributed by atoms with Crippen LogP contribution in [0.2, 0.25) is 0 Å². The standard InChI is InChI=1S/C20H24BrN3O4/c1-6-27-18(25)16-12(2)14-9-13(11-22)10-15(21)17(14)24(16)8-7-23-19(26)28-20(3,4)5/h9-10H,6-8H2,1-5H3,(H,23,26). The summed E-state index contributed by atoms with van der Waals surface area (Å²) in [4.78, 5) is 24.5. The zero-order chi connectivity index (χ0) is 21.1. The highest BCUT2D eigenvalue weighted by Gasteiger charge is 2.23. The highest BCUT2D eigenvalue weighted by molar-refractivity contribution is 9.10. The predicted octanol–water partition coefficient (Wildman–Crippen LogP) is 4.29. The van der Waals surface area contributed by atoms with Crippen LogP contribution in [0.25, 0.3) is 10.9 Å². The van der Waals surface area contributed by atoms with Gasteiger partial charge in [0.15, 0.2) is 0 Å². The number of carbonyl (C=O) groups excluding carboxylic acids is 2. The average molecular weight is 450 g/mol. The molecule has 0 aliphatic carbocycles. The molecule has 1 aromatic carbocycles. The van der Waals surface area contributed by atoms with Gasteiger partial charge in [-0.15, -0.1) is 0 Å². The third-order valence-corrected chi connectivity index (χ3v) is 4.57. The Hall–Kier alpha value is -2.53. The van der Waals surface area contributed by atoms with Crippen LogP contribution in [0.4, 0.5) is 4.79 Å². The Morgan fingerprint density at radius 2 is 2.00 bits per heavy atom. The van der Waals surface area contributed by atoms with E-state index in [2.05, 4.69) is 27.3 Å². The van der Waals surface area contributed by atoms with Crippen molar-refractivity contribution in [3.8, 4) is 6.07 Å². The number of ether oxygens (including phenoxy) is 2. The number of hydrogen-bond acceptors (Lipinski definition) is 5. The topological polar surface area (TPSA) is 93.4 Å². The second kappa shape index (κ2) is 8.65. The van der Waals surface area contributed by atoms with Gasteiger partial charge in [0, 0.05) is 22.9 Å². The Bertz CT molecular complexity index is 951. The molecule has 1 amide bonds. The van der Waals surface area contributed by atoms with E-state index in [-0.39, 0.29) is 13.2 Å². The number of esters is 1. The van der Waals surface area contributed by atoms with Gasteiger partial charge in [0.2, 0.25) is 0 Å². The van der Waals surface area contributed by atoms with Crippen LogP contribution in [0.3, 0.4) is 0 Å². The van der Waals surface area contributed by atoms with Gasteiger partial charge in [-0.1, -0.05) is 0 Å². The molecule has 0 spiro atoms. The van der Waals surface area contributed by atoms with Gasteiger partial charge in [-0.25, -0.2) is 9.59 Å². The van der Waals surface area contributed by atoms with E-state index in [9.17, 15) is 14.9 Å². The highest BCUT2D eigenvalue weighted by atomic mass is 79.9. The van der Waals surface area contributed by atoms with E-state index in [1.807, 2.05) is 6.92 Å². The first-order valence-corrected chi connectivity index (χ1v) is 9.74. The number of rotatable bonds is 5. The van der Waals surface area contributed by atoms with Gasteiger partial charge in [0.25, 0.3) is 0 Å². The lowest BCUT2D eigenvalue weighted by atomic mass is 10.1. The summed E-state index contributed by atoms with van der Waals surface area (Å²) >= 11 is 3.50. The van der Waals surface area contributed by atoms with Gasteiger partial charge in [0.1, 0.15) is 11.3 Å².